The van der Waals surface area contributed by atoms with Crippen molar-refractivity contribution >= 4 is 27.3 Å². The molecule has 0 spiro atoms. The molecule has 0 aliphatic carbocycles. The van der Waals surface area contributed by atoms with Gasteiger partial charge in [-0.1, -0.05) is 22.0 Å². The molecular formula is C13H14BrNOS. The van der Waals surface area contributed by atoms with Crippen molar-refractivity contribution in [3.63, 3.8) is 0 Å². The topological polar surface area (TPSA) is 35.2 Å². The first-order valence-corrected chi connectivity index (χ1v) is 6.96. The summed E-state index contributed by atoms with van der Waals surface area (Å²) in [5.74, 6) is 0.874. The molecule has 0 amide bonds. The van der Waals surface area contributed by atoms with E-state index >= 15 is 0 Å². The van der Waals surface area contributed by atoms with Crippen molar-refractivity contribution in [2.75, 3.05) is 0 Å². The minimum absolute atomic E-state index is 0.596. The number of thiophene rings is 1. The van der Waals surface area contributed by atoms with E-state index in [4.69, 9.17) is 10.5 Å². The van der Waals surface area contributed by atoms with Gasteiger partial charge < -0.3 is 10.5 Å². The van der Waals surface area contributed by atoms with Gasteiger partial charge >= 0.3 is 0 Å². The lowest BCUT2D eigenvalue weighted by Crippen LogP contribution is -1.96. The average Bonchev–Trinajstić information content (AvgIpc) is 2.68. The Hall–Kier alpha value is -0.840. The second-order valence-electron chi connectivity index (χ2n) is 3.74. The lowest BCUT2D eigenvalue weighted by molar-refractivity contribution is 0.306. The van der Waals surface area contributed by atoms with Crippen LogP contribution in [0.25, 0.3) is 0 Å². The van der Waals surface area contributed by atoms with Crippen molar-refractivity contribution in [2.24, 2.45) is 5.73 Å². The summed E-state index contributed by atoms with van der Waals surface area (Å²) in [6.45, 7) is 3.30. The summed E-state index contributed by atoms with van der Waals surface area (Å²) in [5, 5.41) is 0. The largest absolute Gasteiger partial charge is 0.489 e. The number of rotatable bonds is 4. The summed E-state index contributed by atoms with van der Waals surface area (Å²) < 4.78 is 6.77. The molecule has 4 heteroatoms. The van der Waals surface area contributed by atoms with E-state index in [0.29, 0.717) is 13.2 Å². The van der Waals surface area contributed by atoms with Gasteiger partial charge in [-0.3, -0.25) is 0 Å². The first kappa shape index (κ1) is 12.6. The van der Waals surface area contributed by atoms with Crippen molar-refractivity contribution in [1.82, 2.24) is 0 Å². The van der Waals surface area contributed by atoms with Gasteiger partial charge in [-0.2, -0.15) is 0 Å². The van der Waals surface area contributed by atoms with Gasteiger partial charge in [0, 0.05) is 26.3 Å². The molecule has 2 nitrogen and oxygen atoms in total. The van der Waals surface area contributed by atoms with Crippen molar-refractivity contribution in [1.29, 1.82) is 0 Å². The molecule has 0 saturated carbocycles. The molecular weight excluding hydrogens is 298 g/mol. The van der Waals surface area contributed by atoms with E-state index in [-0.39, 0.29) is 0 Å². The third kappa shape index (κ3) is 3.31. The van der Waals surface area contributed by atoms with Crippen LogP contribution in [0.2, 0.25) is 0 Å². The Kier molecular flexibility index (Phi) is 4.20. The first-order valence-electron chi connectivity index (χ1n) is 5.35. The smallest absolute Gasteiger partial charge is 0.120 e. The zero-order chi connectivity index (χ0) is 12.3. The fraction of sp³-hybridized carbons (Fsp3) is 0.231. The van der Waals surface area contributed by atoms with Gasteiger partial charge in [0.2, 0.25) is 0 Å². The molecule has 17 heavy (non-hydrogen) atoms. The van der Waals surface area contributed by atoms with E-state index in [9.17, 15) is 0 Å². The van der Waals surface area contributed by atoms with E-state index in [2.05, 4.69) is 28.9 Å². The minimum Gasteiger partial charge on any atom is -0.489 e. The van der Waals surface area contributed by atoms with Crippen LogP contribution in [0.3, 0.4) is 0 Å². The standard InChI is InChI=1S/C13H14BrNOS/c1-9-10(5-13(7-15)17-9)8-16-12-4-2-3-11(14)6-12/h2-6H,7-8,15H2,1H3. The summed E-state index contributed by atoms with van der Waals surface area (Å²) in [4.78, 5) is 2.48. The van der Waals surface area contributed by atoms with Gasteiger partial charge in [-0.25, -0.2) is 0 Å². The molecule has 0 aliphatic rings. The Labute approximate surface area is 114 Å². The molecule has 0 fully saturated rings. The van der Waals surface area contributed by atoms with Gasteiger partial charge in [-0.15, -0.1) is 11.3 Å². The van der Waals surface area contributed by atoms with Crippen molar-refractivity contribution in [3.05, 3.63) is 50.1 Å². The van der Waals surface area contributed by atoms with Crippen molar-refractivity contribution < 1.29 is 4.74 Å². The lowest BCUT2D eigenvalue weighted by Gasteiger charge is -2.05. The Morgan fingerprint density at radius 2 is 2.18 bits per heavy atom. The van der Waals surface area contributed by atoms with Crippen LogP contribution in [0, 0.1) is 6.92 Å². The second-order valence-corrected chi connectivity index (χ2v) is 6.00. The minimum atomic E-state index is 0.596. The van der Waals surface area contributed by atoms with Crippen LogP contribution in [0.5, 0.6) is 5.75 Å². The molecule has 0 bridgehead atoms. The fourth-order valence-corrected chi connectivity index (χ4v) is 2.85. The number of hydrogen-bond acceptors (Lipinski definition) is 3. The number of aryl methyl sites for hydroxylation is 1. The van der Waals surface area contributed by atoms with E-state index in [0.717, 1.165) is 10.2 Å². The number of halogens is 1. The number of hydrogen-bond donors (Lipinski definition) is 1. The SMILES string of the molecule is Cc1sc(CN)cc1COc1cccc(Br)c1. The summed E-state index contributed by atoms with van der Waals surface area (Å²) >= 11 is 5.16. The maximum Gasteiger partial charge on any atom is 0.120 e. The molecule has 90 valence electrons. The molecule has 0 radical (unpaired) electrons. The highest BCUT2D eigenvalue weighted by Crippen LogP contribution is 2.24. The van der Waals surface area contributed by atoms with Crippen molar-refractivity contribution in [2.45, 2.75) is 20.1 Å². The Morgan fingerprint density at radius 1 is 1.35 bits per heavy atom. The van der Waals surface area contributed by atoms with E-state index in [1.165, 1.54) is 15.3 Å². The normalized spacial score (nSPS) is 10.5. The summed E-state index contributed by atoms with van der Waals surface area (Å²) in [6.07, 6.45) is 0. The highest BCUT2D eigenvalue weighted by molar-refractivity contribution is 9.10. The predicted octanol–water partition coefficient (Wildman–Crippen LogP) is 3.86. The van der Waals surface area contributed by atoms with Gasteiger partial charge in [0.25, 0.3) is 0 Å². The average molecular weight is 312 g/mol. The Balaban J connectivity index is 2.04. The first-order chi connectivity index (χ1) is 8.19. The van der Waals surface area contributed by atoms with Gasteiger partial charge in [0.1, 0.15) is 12.4 Å². The highest BCUT2D eigenvalue weighted by Gasteiger charge is 2.05. The molecule has 0 aliphatic heterocycles. The van der Waals surface area contributed by atoms with Crippen LogP contribution in [0.4, 0.5) is 0 Å². The molecule has 0 saturated heterocycles. The summed E-state index contributed by atoms with van der Waals surface area (Å²) in [5.41, 5.74) is 6.84. The monoisotopic (exact) mass is 311 g/mol. The molecule has 0 unspecified atom stereocenters. The third-order valence-corrected chi connectivity index (χ3v) is 4.07. The predicted molar refractivity (Wildman–Crippen MR) is 75.4 cm³/mol. The number of nitrogens with two attached hydrogens (primary N) is 1. The quantitative estimate of drug-likeness (QED) is 0.930. The maximum atomic E-state index is 5.75. The summed E-state index contributed by atoms with van der Waals surface area (Å²) in [7, 11) is 0. The number of ether oxygens (including phenoxy) is 1. The summed E-state index contributed by atoms with van der Waals surface area (Å²) in [6, 6.07) is 9.99. The van der Waals surface area contributed by atoms with Crippen LogP contribution in [-0.2, 0) is 13.2 Å². The van der Waals surface area contributed by atoms with Crippen molar-refractivity contribution in [3.8, 4) is 5.75 Å². The third-order valence-electron chi connectivity index (χ3n) is 2.46. The zero-order valence-electron chi connectivity index (χ0n) is 9.57. The van der Waals surface area contributed by atoms with Gasteiger partial charge in [-0.05, 0) is 31.2 Å². The molecule has 2 rings (SSSR count). The van der Waals surface area contributed by atoms with Gasteiger partial charge in [0.05, 0.1) is 0 Å². The van der Waals surface area contributed by atoms with E-state index < -0.39 is 0 Å². The van der Waals surface area contributed by atoms with Crippen LogP contribution >= 0.6 is 27.3 Å². The molecule has 2 aromatic rings. The van der Waals surface area contributed by atoms with Gasteiger partial charge in [0.15, 0.2) is 0 Å². The molecule has 1 aromatic carbocycles. The van der Waals surface area contributed by atoms with Crippen LogP contribution in [0.15, 0.2) is 34.8 Å². The van der Waals surface area contributed by atoms with Crippen LogP contribution < -0.4 is 10.5 Å². The number of benzene rings is 1. The Morgan fingerprint density at radius 3 is 2.82 bits per heavy atom. The fourth-order valence-electron chi connectivity index (χ4n) is 1.55. The second kappa shape index (κ2) is 5.67. The van der Waals surface area contributed by atoms with Crippen LogP contribution in [0.1, 0.15) is 15.3 Å². The Bertz CT molecular complexity index is 510. The molecule has 0 atom stereocenters. The van der Waals surface area contributed by atoms with Crippen LogP contribution in [-0.4, -0.2) is 0 Å². The maximum absolute atomic E-state index is 5.75. The molecule has 1 aromatic heterocycles. The van der Waals surface area contributed by atoms with E-state index in [1.807, 2.05) is 24.3 Å². The lowest BCUT2D eigenvalue weighted by atomic mass is 10.2. The molecule has 1 heterocycles. The van der Waals surface area contributed by atoms with E-state index in [1.54, 1.807) is 11.3 Å². The molecule has 2 N–H and O–H groups in total. The highest BCUT2D eigenvalue weighted by atomic mass is 79.9. The zero-order valence-corrected chi connectivity index (χ0v) is 12.0.